The van der Waals surface area contributed by atoms with Gasteiger partial charge in [0.15, 0.2) is 0 Å². The highest BCUT2D eigenvalue weighted by Gasteiger charge is 2.18. The van der Waals surface area contributed by atoms with Crippen LogP contribution in [0.4, 0.5) is 5.69 Å². The molecule has 122 valence electrons. The summed E-state index contributed by atoms with van der Waals surface area (Å²) in [4.78, 5) is 23.7. The number of aromatic nitrogens is 1. The van der Waals surface area contributed by atoms with E-state index in [-0.39, 0.29) is 17.5 Å². The van der Waals surface area contributed by atoms with Crippen LogP contribution in [0.25, 0.3) is 0 Å². The Morgan fingerprint density at radius 3 is 2.30 bits per heavy atom. The molecule has 0 aliphatic carbocycles. The third-order valence-corrected chi connectivity index (χ3v) is 3.98. The zero-order valence-corrected chi connectivity index (χ0v) is 14.1. The maximum absolute atomic E-state index is 12.6. The van der Waals surface area contributed by atoms with Gasteiger partial charge in [-0.3, -0.25) is 4.79 Å². The molecule has 2 aromatic rings. The lowest BCUT2D eigenvalue weighted by Gasteiger charge is -2.14. The number of benzene rings is 1. The summed E-state index contributed by atoms with van der Waals surface area (Å²) < 4.78 is 2.11. The van der Waals surface area contributed by atoms with E-state index < -0.39 is 5.97 Å². The molecular formula is C18H22N2O3. The molecule has 23 heavy (non-hydrogen) atoms. The maximum atomic E-state index is 12.6. The van der Waals surface area contributed by atoms with Crippen LogP contribution in [0.15, 0.2) is 24.3 Å². The molecule has 1 amide bonds. The van der Waals surface area contributed by atoms with Crippen LogP contribution in [0.3, 0.4) is 0 Å². The van der Waals surface area contributed by atoms with Gasteiger partial charge in [-0.05, 0) is 58.4 Å². The molecule has 1 heterocycles. The third kappa shape index (κ3) is 3.28. The lowest BCUT2D eigenvalue weighted by molar-refractivity contribution is 0.0696. The number of hydrogen-bond acceptors (Lipinski definition) is 2. The first kappa shape index (κ1) is 16.8. The molecule has 0 fully saturated rings. The summed E-state index contributed by atoms with van der Waals surface area (Å²) in [6.45, 7) is 9.87. The highest BCUT2D eigenvalue weighted by molar-refractivity contribution is 6.06. The van der Waals surface area contributed by atoms with Gasteiger partial charge in [0.05, 0.1) is 11.1 Å². The molecule has 0 aliphatic rings. The van der Waals surface area contributed by atoms with Gasteiger partial charge in [-0.1, -0.05) is 6.07 Å². The predicted octanol–water partition coefficient (Wildman–Crippen LogP) is 3.94. The van der Waals surface area contributed by atoms with Crippen molar-refractivity contribution in [1.29, 1.82) is 0 Å². The second-order valence-electron chi connectivity index (χ2n) is 6.04. The number of aryl methyl sites for hydroxylation is 2. The Morgan fingerprint density at radius 1 is 1.13 bits per heavy atom. The van der Waals surface area contributed by atoms with Crippen LogP contribution >= 0.6 is 0 Å². The van der Waals surface area contributed by atoms with E-state index in [1.54, 1.807) is 6.07 Å². The number of carbonyl (C=O) groups excluding carboxylic acids is 1. The van der Waals surface area contributed by atoms with Gasteiger partial charge in [0.1, 0.15) is 0 Å². The largest absolute Gasteiger partial charge is 0.478 e. The summed E-state index contributed by atoms with van der Waals surface area (Å²) >= 11 is 0. The summed E-state index contributed by atoms with van der Waals surface area (Å²) in [5.74, 6) is -1.24. The van der Waals surface area contributed by atoms with Crippen LogP contribution in [0.2, 0.25) is 0 Å². The van der Waals surface area contributed by atoms with Crippen molar-refractivity contribution < 1.29 is 14.7 Å². The average Bonchev–Trinajstić information content (AvgIpc) is 2.76. The van der Waals surface area contributed by atoms with Crippen LogP contribution in [-0.2, 0) is 0 Å². The fraction of sp³-hybridized carbons (Fsp3) is 0.333. The molecule has 5 heteroatoms. The van der Waals surface area contributed by atoms with Gasteiger partial charge in [-0.25, -0.2) is 4.79 Å². The molecule has 0 saturated carbocycles. The number of amides is 1. The van der Waals surface area contributed by atoms with E-state index in [2.05, 4.69) is 23.7 Å². The van der Waals surface area contributed by atoms with Crippen LogP contribution in [0, 0.1) is 20.8 Å². The van der Waals surface area contributed by atoms with Crippen molar-refractivity contribution >= 4 is 17.6 Å². The van der Waals surface area contributed by atoms with Gasteiger partial charge in [0.2, 0.25) is 0 Å². The van der Waals surface area contributed by atoms with Crippen molar-refractivity contribution in [2.75, 3.05) is 5.32 Å². The Labute approximate surface area is 135 Å². The van der Waals surface area contributed by atoms with Gasteiger partial charge in [-0.2, -0.15) is 0 Å². The quantitative estimate of drug-likeness (QED) is 0.897. The fourth-order valence-electron chi connectivity index (χ4n) is 2.88. The molecule has 0 unspecified atom stereocenters. The standard InChI is InChI=1S/C18H22N2O3/c1-10(2)20-12(4)8-15(13(20)5)17(21)19-16-9-14(18(22)23)7-6-11(16)3/h6-10H,1-5H3,(H,19,21)(H,22,23). The minimum absolute atomic E-state index is 0.151. The van der Waals surface area contributed by atoms with Crippen molar-refractivity contribution in [3.63, 3.8) is 0 Å². The first-order valence-corrected chi connectivity index (χ1v) is 7.56. The zero-order chi connectivity index (χ0) is 17.3. The van der Waals surface area contributed by atoms with Crippen LogP contribution in [0.5, 0.6) is 0 Å². The predicted molar refractivity (Wildman–Crippen MR) is 90.4 cm³/mol. The third-order valence-electron chi connectivity index (χ3n) is 3.98. The molecule has 5 nitrogen and oxygen atoms in total. The van der Waals surface area contributed by atoms with Crippen LogP contribution < -0.4 is 5.32 Å². The van der Waals surface area contributed by atoms with Gasteiger partial charge in [-0.15, -0.1) is 0 Å². The molecule has 0 atom stereocenters. The second-order valence-corrected chi connectivity index (χ2v) is 6.04. The van der Waals surface area contributed by atoms with E-state index in [1.807, 2.05) is 26.8 Å². The number of nitrogens with one attached hydrogen (secondary N) is 1. The number of rotatable bonds is 4. The Hall–Kier alpha value is -2.56. The molecule has 1 aromatic carbocycles. The van der Waals surface area contributed by atoms with E-state index in [0.717, 1.165) is 17.0 Å². The fourth-order valence-corrected chi connectivity index (χ4v) is 2.88. The number of anilines is 1. The number of carbonyl (C=O) groups is 2. The SMILES string of the molecule is Cc1ccc(C(=O)O)cc1NC(=O)c1cc(C)n(C(C)C)c1C. The number of carboxylic acid groups (broad SMARTS) is 1. The molecule has 0 saturated heterocycles. The van der Waals surface area contributed by atoms with Crippen LogP contribution in [-0.4, -0.2) is 21.6 Å². The number of carboxylic acids is 1. The maximum Gasteiger partial charge on any atom is 0.335 e. The van der Waals surface area contributed by atoms with E-state index in [9.17, 15) is 9.59 Å². The van der Waals surface area contributed by atoms with Crippen molar-refractivity contribution in [2.45, 2.75) is 40.7 Å². The molecular weight excluding hydrogens is 292 g/mol. The Morgan fingerprint density at radius 2 is 1.78 bits per heavy atom. The summed E-state index contributed by atoms with van der Waals surface area (Å²) in [5, 5.41) is 11.9. The minimum Gasteiger partial charge on any atom is -0.478 e. The number of aromatic carboxylic acids is 1. The summed E-state index contributed by atoms with van der Waals surface area (Å²) in [6, 6.07) is 6.83. The summed E-state index contributed by atoms with van der Waals surface area (Å²) in [6.07, 6.45) is 0. The van der Waals surface area contributed by atoms with Gasteiger partial charge in [0.25, 0.3) is 5.91 Å². The number of nitrogens with zero attached hydrogens (tertiary/aromatic N) is 1. The first-order chi connectivity index (χ1) is 10.7. The van der Waals surface area contributed by atoms with Gasteiger partial charge < -0.3 is 15.0 Å². The molecule has 0 bridgehead atoms. The minimum atomic E-state index is -1.02. The second kappa shape index (κ2) is 6.28. The molecule has 0 spiro atoms. The van der Waals surface area contributed by atoms with E-state index >= 15 is 0 Å². The van der Waals surface area contributed by atoms with Crippen molar-refractivity contribution in [1.82, 2.24) is 4.57 Å². The summed E-state index contributed by atoms with van der Waals surface area (Å²) in [5.41, 5.74) is 4.03. The van der Waals surface area contributed by atoms with Crippen LogP contribution in [0.1, 0.15) is 57.6 Å². The van der Waals surface area contributed by atoms with Gasteiger partial charge >= 0.3 is 5.97 Å². The Bertz CT molecular complexity index is 773. The van der Waals surface area contributed by atoms with E-state index in [0.29, 0.717) is 11.3 Å². The highest BCUT2D eigenvalue weighted by Crippen LogP contribution is 2.23. The average molecular weight is 314 g/mol. The molecule has 0 aliphatic heterocycles. The molecule has 2 rings (SSSR count). The molecule has 2 N–H and O–H groups in total. The lowest BCUT2D eigenvalue weighted by atomic mass is 10.1. The first-order valence-electron chi connectivity index (χ1n) is 7.56. The van der Waals surface area contributed by atoms with Crippen molar-refractivity contribution in [2.24, 2.45) is 0 Å². The monoisotopic (exact) mass is 314 g/mol. The molecule has 0 radical (unpaired) electrons. The summed E-state index contributed by atoms with van der Waals surface area (Å²) in [7, 11) is 0. The highest BCUT2D eigenvalue weighted by atomic mass is 16.4. The lowest BCUT2D eigenvalue weighted by Crippen LogP contribution is -2.15. The normalized spacial score (nSPS) is 10.9. The van der Waals surface area contributed by atoms with E-state index in [1.165, 1.54) is 12.1 Å². The topological polar surface area (TPSA) is 71.3 Å². The van der Waals surface area contributed by atoms with E-state index in [4.69, 9.17) is 5.11 Å². The molecule has 1 aromatic heterocycles. The van der Waals surface area contributed by atoms with Crippen molar-refractivity contribution in [3.8, 4) is 0 Å². The zero-order valence-electron chi connectivity index (χ0n) is 14.1. The number of hydrogen-bond donors (Lipinski definition) is 2. The smallest absolute Gasteiger partial charge is 0.335 e. The van der Waals surface area contributed by atoms with Crippen molar-refractivity contribution in [3.05, 3.63) is 52.3 Å². The Balaban J connectivity index is 2.35. The van der Waals surface area contributed by atoms with Gasteiger partial charge in [0, 0.05) is 23.1 Å². The Kier molecular flexibility index (Phi) is 4.59.